The highest BCUT2D eigenvalue weighted by Gasteiger charge is 2.30. The van der Waals surface area contributed by atoms with Crippen LogP contribution in [-0.2, 0) is 25.5 Å². The van der Waals surface area contributed by atoms with E-state index in [0.29, 0.717) is 5.56 Å². The zero-order valence-corrected chi connectivity index (χ0v) is 14.3. The van der Waals surface area contributed by atoms with Crippen molar-refractivity contribution < 1.29 is 24.2 Å². The Labute approximate surface area is 146 Å². The molecule has 0 spiro atoms. The number of aromatic hydroxyl groups is 1. The van der Waals surface area contributed by atoms with Crippen molar-refractivity contribution in [3.05, 3.63) is 48.3 Å². The summed E-state index contributed by atoms with van der Waals surface area (Å²) in [5.74, 6) is -2.43. The minimum Gasteiger partial charge on any atom is -0.508 e. The molecule has 0 atom stereocenters. The van der Waals surface area contributed by atoms with Crippen molar-refractivity contribution in [3.63, 3.8) is 0 Å². The summed E-state index contributed by atoms with van der Waals surface area (Å²) in [6.07, 6.45) is 3.37. The number of rotatable bonds is 7. The van der Waals surface area contributed by atoms with E-state index in [9.17, 15) is 14.7 Å². The van der Waals surface area contributed by atoms with Crippen LogP contribution in [0.15, 0.2) is 42.7 Å². The Morgan fingerprint density at radius 1 is 1.08 bits per heavy atom. The molecule has 0 radical (unpaired) electrons. The Hall–Kier alpha value is -2.89. The number of carbonyl (C=O) groups is 2. The fourth-order valence-electron chi connectivity index (χ4n) is 2.43. The van der Waals surface area contributed by atoms with Gasteiger partial charge in [0, 0.05) is 18.0 Å². The Bertz CT molecular complexity index is 712. The molecule has 132 valence electrons. The molecular formula is C19H21NO5. The minimum absolute atomic E-state index is 0.00238. The van der Waals surface area contributed by atoms with Crippen molar-refractivity contribution >= 4 is 11.9 Å². The van der Waals surface area contributed by atoms with E-state index in [1.807, 2.05) is 12.1 Å². The molecule has 0 aliphatic carbocycles. The number of nitrogens with zero attached hydrogens (tertiary/aromatic N) is 1. The van der Waals surface area contributed by atoms with Crippen LogP contribution in [0.2, 0.25) is 0 Å². The van der Waals surface area contributed by atoms with E-state index in [1.54, 1.807) is 38.4 Å². The van der Waals surface area contributed by atoms with Crippen molar-refractivity contribution in [2.24, 2.45) is 5.92 Å². The van der Waals surface area contributed by atoms with E-state index in [4.69, 9.17) is 9.47 Å². The average Bonchev–Trinajstić information content (AvgIpc) is 2.62. The number of carbonyl (C=O) groups excluding carboxylic acids is 2. The van der Waals surface area contributed by atoms with Crippen molar-refractivity contribution in [3.8, 4) is 16.9 Å². The van der Waals surface area contributed by atoms with Gasteiger partial charge in [0.1, 0.15) is 5.75 Å². The number of hydrogen-bond donors (Lipinski definition) is 1. The van der Waals surface area contributed by atoms with E-state index < -0.39 is 17.9 Å². The van der Waals surface area contributed by atoms with Crippen LogP contribution in [0.4, 0.5) is 0 Å². The van der Waals surface area contributed by atoms with Crippen LogP contribution in [-0.4, -0.2) is 35.2 Å². The summed E-state index contributed by atoms with van der Waals surface area (Å²) < 4.78 is 9.93. The van der Waals surface area contributed by atoms with E-state index in [1.165, 1.54) is 6.07 Å². The molecule has 0 unspecified atom stereocenters. The van der Waals surface area contributed by atoms with Crippen molar-refractivity contribution in [1.82, 2.24) is 4.98 Å². The molecule has 0 fully saturated rings. The van der Waals surface area contributed by atoms with E-state index in [0.717, 1.165) is 11.1 Å². The molecule has 1 heterocycles. The van der Waals surface area contributed by atoms with Crippen LogP contribution in [0.5, 0.6) is 5.75 Å². The lowest BCUT2D eigenvalue weighted by atomic mass is 9.95. The minimum atomic E-state index is -1.12. The zero-order chi connectivity index (χ0) is 18.2. The summed E-state index contributed by atoms with van der Waals surface area (Å²) in [5.41, 5.74) is 2.16. The van der Waals surface area contributed by atoms with Gasteiger partial charge >= 0.3 is 11.9 Å². The third-order valence-electron chi connectivity index (χ3n) is 3.64. The van der Waals surface area contributed by atoms with Crippen LogP contribution in [0.25, 0.3) is 11.1 Å². The molecule has 0 saturated heterocycles. The van der Waals surface area contributed by atoms with Gasteiger partial charge < -0.3 is 14.6 Å². The quantitative estimate of drug-likeness (QED) is 0.614. The highest BCUT2D eigenvalue weighted by molar-refractivity contribution is 5.95. The Morgan fingerprint density at radius 2 is 1.76 bits per heavy atom. The number of ether oxygens (including phenoxy) is 2. The van der Waals surface area contributed by atoms with Crippen LogP contribution in [0.3, 0.4) is 0 Å². The number of pyridine rings is 1. The van der Waals surface area contributed by atoms with Crippen LogP contribution >= 0.6 is 0 Å². The largest absolute Gasteiger partial charge is 0.508 e. The van der Waals surface area contributed by atoms with Gasteiger partial charge in [0.05, 0.1) is 13.2 Å². The number of esters is 2. The lowest BCUT2D eigenvalue weighted by Gasteiger charge is -2.15. The van der Waals surface area contributed by atoms with Gasteiger partial charge in [-0.2, -0.15) is 0 Å². The van der Waals surface area contributed by atoms with Gasteiger partial charge in [-0.25, -0.2) is 0 Å². The molecule has 2 rings (SSSR count). The van der Waals surface area contributed by atoms with Crippen LogP contribution in [0.1, 0.15) is 19.4 Å². The number of aromatic nitrogens is 1. The molecule has 6 nitrogen and oxygen atoms in total. The predicted octanol–water partition coefficient (Wildman–Crippen LogP) is 2.74. The monoisotopic (exact) mass is 343 g/mol. The molecular weight excluding hydrogens is 322 g/mol. The lowest BCUT2D eigenvalue weighted by Crippen LogP contribution is -2.30. The van der Waals surface area contributed by atoms with E-state index in [-0.39, 0.29) is 25.4 Å². The maximum atomic E-state index is 12.1. The highest BCUT2D eigenvalue weighted by Crippen LogP contribution is 2.28. The summed E-state index contributed by atoms with van der Waals surface area (Å²) in [4.78, 5) is 28.3. The van der Waals surface area contributed by atoms with Gasteiger partial charge in [-0.3, -0.25) is 14.6 Å². The molecule has 0 bridgehead atoms. The third-order valence-corrected chi connectivity index (χ3v) is 3.64. The second-order valence-corrected chi connectivity index (χ2v) is 5.35. The topological polar surface area (TPSA) is 85.7 Å². The van der Waals surface area contributed by atoms with Gasteiger partial charge in [0.2, 0.25) is 0 Å². The molecule has 0 amide bonds. The number of benzene rings is 1. The lowest BCUT2D eigenvalue weighted by molar-refractivity contribution is -0.161. The van der Waals surface area contributed by atoms with Gasteiger partial charge in [-0.1, -0.05) is 12.1 Å². The van der Waals surface area contributed by atoms with Gasteiger partial charge in [-0.15, -0.1) is 0 Å². The molecule has 0 aliphatic heterocycles. The summed E-state index contributed by atoms with van der Waals surface area (Å²) in [6.45, 7) is 3.66. The van der Waals surface area contributed by atoms with Crippen molar-refractivity contribution in [1.29, 1.82) is 0 Å². The van der Waals surface area contributed by atoms with Gasteiger partial charge in [-0.05, 0) is 49.6 Å². The van der Waals surface area contributed by atoms with Crippen LogP contribution in [0, 0.1) is 5.92 Å². The molecule has 1 N–H and O–H groups in total. The Morgan fingerprint density at radius 3 is 2.32 bits per heavy atom. The molecule has 1 aromatic heterocycles. The summed E-state index contributed by atoms with van der Waals surface area (Å²) in [6, 6.07) is 8.71. The standard InChI is InChI=1S/C19H21NO5/c1-3-24-18(22)16(19(23)25-4-2)11-15-10-13(7-8-17(15)21)14-6-5-9-20-12-14/h5-10,12,16,21H,3-4,11H2,1-2H3. The predicted molar refractivity (Wildman–Crippen MR) is 91.8 cm³/mol. The van der Waals surface area contributed by atoms with Gasteiger partial charge in [0.15, 0.2) is 5.92 Å². The fourth-order valence-corrected chi connectivity index (χ4v) is 2.43. The normalized spacial score (nSPS) is 10.5. The zero-order valence-electron chi connectivity index (χ0n) is 14.3. The van der Waals surface area contributed by atoms with Crippen LogP contribution < -0.4 is 0 Å². The maximum Gasteiger partial charge on any atom is 0.320 e. The molecule has 0 aliphatic rings. The summed E-state index contributed by atoms with van der Waals surface area (Å²) in [7, 11) is 0. The smallest absolute Gasteiger partial charge is 0.320 e. The van der Waals surface area contributed by atoms with Crippen molar-refractivity contribution in [2.45, 2.75) is 20.3 Å². The average molecular weight is 343 g/mol. The first-order chi connectivity index (χ1) is 12.1. The van der Waals surface area contributed by atoms with E-state index in [2.05, 4.69) is 4.98 Å². The first-order valence-corrected chi connectivity index (χ1v) is 8.12. The van der Waals surface area contributed by atoms with Crippen molar-refractivity contribution in [2.75, 3.05) is 13.2 Å². The first-order valence-electron chi connectivity index (χ1n) is 8.12. The third kappa shape index (κ3) is 4.79. The summed E-state index contributed by atoms with van der Waals surface area (Å²) >= 11 is 0. The molecule has 0 saturated carbocycles. The second kappa shape index (κ2) is 8.82. The molecule has 6 heteroatoms. The van der Waals surface area contributed by atoms with E-state index >= 15 is 0 Å². The number of phenols is 1. The first kappa shape index (κ1) is 18.4. The number of hydrogen-bond acceptors (Lipinski definition) is 6. The molecule has 25 heavy (non-hydrogen) atoms. The van der Waals surface area contributed by atoms with Gasteiger partial charge in [0.25, 0.3) is 0 Å². The Kier molecular flexibility index (Phi) is 6.51. The molecule has 1 aromatic carbocycles. The molecule has 2 aromatic rings. The maximum absolute atomic E-state index is 12.1. The second-order valence-electron chi connectivity index (χ2n) is 5.35. The SMILES string of the molecule is CCOC(=O)C(Cc1cc(-c2cccnc2)ccc1O)C(=O)OCC. The summed E-state index contributed by atoms with van der Waals surface area (Å²) in [5, 5.41) is 10.1. The Balaban J connectivity index is 2.31. The fraction of sp³-hybridized carbons (Fsp3) is 0.316. The number of phenolic OH excluding ortho intramolecular Hbond substituents is 1. The highest BCUT2D eigenvalue weighted by atomic mass is 16.6.